The molecule has 0 amide bonds. The smallest absolute Gasteiger partial charge is 0.164 e. The lowest BCUT2D eigenvalue weighted by Gasteiger charge is -2.34. The lowest BCUT2D eigenvalue weighted by atomic mass is 9.75. The summed E-state index contributed by atoms with van der Waals surface area (Å²) in [4.78, 5) is 29.8. The van der Waals surface area contributed by atoms with Crippen LogP contribution < -0.4 is 4.74 Å². The maximum atomic E-state index is 6.48. The van der Waals surface area contributed by atoms with Gasteiger partial charge in [-0.15, -0.1) is 0 Å². The number of hydrogen-bond donors (Lipinski definition) is 0. The molecule has 1 aliphatic carbocycles. The lowest BCUT2D eigenvalue weighted by molar-refractivity contribution is 0.418. The first-order valence-electron chi connectivity index (χ1n) is 21.7. The summed E-state index contributed by atoms with van der Waals surface area (Å²) in [5, 5.41) is 0. The van der Waals surface area contributed by atoms with Crippen LogP contribution in [0.15, 0.2) is 194 Å². The van der Waals surface area contributed by atoms with Gasteiger partial charge in [-0.3, -0.25) is 0 Å². The van der Waals surface area contributed by atoms with E-state index in [-0.39, 0.29) is 5.41 Å². The van der Waals surface area contributed by atoms with E-state index in [2.05, 4.69) is 135 Å². The summed E-state index contributed by atoms with van der Waals surface area (Å²) < 4.78 is 6.48. The van der Waals surface area contributed by atoms with E-state index in [0.717, 1.165) is 85.5 Å². The second kappa shape index (κ2) is 16.3. The molecule has 64 heavy (non-hydrogen) atoms. The van der Waals surface area contributed by atoms with Crippen LogP contribution >= 0.6 is 0 Å². The van der Waals surface area contributed by atoms with Crippen LogP contribution in [0.1, 0.15) is 43.6 Å². The van der Waals surface area contributed by atoms with Crippen molar-refractivity contribution in [3.63, 3.8) is 0 Å². The molecule has 0 radical (unpaired) electrons. The van der Waals surface area contributed by atoms with E-state index in [1.165, 1.54) is 5.56 Å². The normalized spacial score (nSPS) is 13.6. The number of benzene rings is 7. The summed E-state index contributed by atoms with van der Waals surface area (Å²) in [6.07, 6.45) is 8.50. The van der Waals surface area contributed by atoms with E-state index in [9.17, 15) is 0 Å². The highest BCUT2D eigenvalue weighted by Crippen LogP contribution is 2.48. The molecule has 0 fully saturated rings. The molecule has 0 N–H and O–H groups in total. The number of fused-ring (bicyclic) bond motifs is 2. The molecule has 3 heterocycles. The van der Waals surface area contributed by atoms with Crippen molar-refractivity contribution in [1.82, 2.24) is 29.9 Å². The lowest BCUT2D eigenvalue weighted by Crippen LogP contribution is -2.24. The molecule has 7 heteroatoms. The van der Waals surface area contributed by atoms with Gasteiger partial charge in [0.1, 0.15) is 11.5 Å². The van der Waals surface area contributed by atoms with E-state index < -0.39 is 0 Å². The molecule has 0 unspecified atom stereocenters. The minimum absolute atomic E-state index is 0.215. The number of ether oxygens (including phenoxy) is 1. The van der Waals surface area contributed by atoms with Crippen LogP contribution in [0.5, 0.6) is 11.5 Å². The Kier molecular flexibility index (Phi) is 9.85. The number of nitrogens with zero attached hydrogens (tertiary/aromatic N) is 6. The van der Waals surface area contributed by atoms with Gasteiger partial charge in [0.2, 0.25) is 0 Å². The highest BCUT2D eigenvalue weighted by molar-refractivity contribution is 5.78. The third-order valence-electron chi connectivity index (χ3n) is 12.1. The SMILES string of the molecule is CC1(C)c2ccccc2Oc2cc(-c3nc(-c4ccccc4)nc(-c4ccc(-c5cccc(-c6ccc(-c7nc(C8=CCCC=C8)nc(-c8ccccc8)n7)cc6)c5)cc4)n3)ccc21. The first kappa shape index (κ1) is 38.7. The molecule has 306 valence electrons. The fraction of sp³-hybridized carbons (Fsp3) is 0.0877. The Morgan fingerprint density at radius 3 is 1.34 bits per heavy atom. The minimum atomic E-state index is -0.215. The number of hydrogen-bond acceptors (Lipinski definition) is 7. The predicted molar refractivity (Wildman–Crippen MR) is 256 cm³/mol. The standard InChI is InChI=1S/C57H42N6O/c1-57(2)47-23-12-13-24-49(47)64-50-36-46(33-34-48(50)57)56-62-53(41-19-10-5-11-20-41)61-55(63-56)43-31-27-38(28-32-43)45-22-14-21-44(35-45)37-25-29-42(30-26-37)54-59-51(39-15-6-3-7-16-39)58-52(60-54)40-17-8-4-9-18-40/h3,5-8,10-36H,4,9H2,1-2H3. The summed E-state index contributed by atoms with van der Waals surface area (Å²) >= 11 is 0. The fourth-order valence-corrected chi connectivity index (χ4v) is 8.58. The average molecular weight is 827 g/mol. The Balaban J connectivity index is 0.887. The molecule has 7 nitrogen and oxygen atoms in total. The summed E-state index contributed by atoms with van der Waals surface area (Å²) in [5.74, 6) is 5.48. The Bertz CT molecular complexity index is 3250. The van der Waals surface area contributed by atoms with Crippen molar-refractivity contribution in [2.24, 2.45) is 0 Å². The molecule has 2 aliphatic rings. The molecular weight excluding hydrogens is 785 g/mol. The van der Waals surface area contributed by atoms with Crippen LogP contribution in [0.4, 0.5) is 0 Å². The van der Waals surface area contributed by atoms with E-state index in [1.54, 1.807) is 0 Å². The molecule has 1 aliphatic heterocycles. The van der Waals surface area contributed by atoms with Gasteiger partial charge in [-0.25, -0.2) is 29.9 Å². The zero-order chi connectivity index (χ0) is 43.0. The summed E-state index contributed by atoms with van der Waals surface area (Å²) in [7, 11) is 0. The summed E-state index contributed by atoms with van der Waals surface area (Å²) in [6.45, 7) is 4.48. The fourth-order valence-electron chi connectivity index (χ4n) is 8.58. The van der Waals surface area contributed by atoms with Crippen LogP contribution in [-0.4, -0.2) is 29.9 Å². The maximum Gasteiger partial charge on any atom is 0.164 e. The number of rotatable bonds is 8. The Hall–Kier alpha value is -8.16. The van der Waals surface area contributed by atoms with Gasteiger partial charge in [-0.05, 0) is 53.3 Å². The monoisotopic (exact) mass is 826 g/mol. The number of allylic oxidation sites excluding steroid dienone is 4. The predicted octanol–water partition coefficient (Wildman–Crippen LogP) is 13.9. The Labute approximate surface area is 372 Å². The van der Waals surface area contributed by atoms with Crippen LogP contribution in [0.3, 0.4) is 0 Å². The van der Waals surface area contributed by atoms with E-state index in [0.29, 0.717) is 34.9 Å². The van der Waals surface area contributed by atoms with Crippen molar-refractivity contribution < 1.29 is 4.74 Å². The van der Waals surface area contributed by atoms with Crippen molar-refractivity contribution in [2.75, 3.05) is 0 Å². The van der Waals surface area contributed by atoms with Crippen molar-refractivity contribution in [3.05, 3.63) is 211 Å². The van der Waals surface area contributed by atoms with Crippen LogP contribution in [0.25, 0.3) is 84.8 Å². The Morgan fingerprint density at radius 2 is 0.797 bits per heavy atom. The third kappa shape index (κ3) is 7.47. The number of aromatic nitrogens is 6. The second-order valence-electron chi connectivity index (χ2n) is 16.7. The van der Waals surface area contributed by atoms with Gasteiger partial charge < -0.3 is 4.74 Å². The highest BCUT2D eigenvalue weighted by atomic mass is 16.5. The molecule has 0 saturated heterocycles. The van der Waals surface area contributed by atoms with E-state index in [4.69, 9.17) is 34.6 Å². The van der Waals surface area contributed by atoms with Crippen LogP contribution in [-0.2, 0) is 5.41 Å². The summed E-state index contributed by atoms with van der Waals surface area (Å²) in [6, 6.07) is 60.2. The van der Waals surface area contributed by atoms with Gasteiger partial charge in [0, 0.05) is 49.9 Å². The second-order valence-corrected chi connectivity index (χ2v) is 16.7. The highest BCUT2D eigenvalue weighted by Gasteiger charge is 2.34. The molecule has 2 aromatic heterocycles. The molecule has 0 spiro atoms. The number of para-hydroxylation sites is 1. The van der Waals surface area contributed by atoms with Crippen molar-refractivity contribution >= 4 is 5.57 Å². The molecule has 9 aromatic rings. The van der Waals surface area contributed by atoms with Gasteiger partial charge in [0.15, 0.2) is 34.9 Å². The maximum absolute atomic E-state index is 6.48. The van der Waals surface area contributed by atoms with Crippen molar-refractivity contribution in [3.8, 4) is 90.7 Å². The molecule has 0 bridgehead atoms. The van der Waals surface area contributed by atoms with E-state index >= 15 is 0 Å². The zero-order valence-electron chi connectivity index (χ0n) is 35.5. The van der Waals surface area contributed by atoms with Gasteiger partial charge in [-0.1, -0.05) is 190 Å². The minimum Gasteiger partial charge on any atom is -0.457 e. The quantitative estimate of drug-likeness (QED) is 0.151. The topological polar surface area (TPSA) is 86.6 Å². The first-order chi connectivity index (χ1) is 31.4. The first-order valence-corrected chi connectivity index (χ1v) is 21.7. The molecule has 11 rings (SSSR count). The van der Waals surface area contributed by atoms with Gasteiger partial charge in [0.05, 0.1) is 0 Å². The Morgan fingerprint density at radius 1 is 0.359 bits per heavy atom. The van der Waals surface area contributed by atoms with Crippen molar-refractivity contribution in [1.29, 1.82) is 0 Å². The third-order valence-corrected chi connectivity index (χ3v) is 12.1. The molecule has 7 aromatic carbocycles. The van der Waals surface area contributed by atoms with Crippen LogP contribution in [0.2, 0.25) is 0 Å². The largest absolute Gasteiger partial charge is 0.457 e. The van der Waals surface area contributed by atoms with Crippen LogP contribution in [0, 0.1) is 0 Å². The molecular formula is C57H42N6O. The van der Waals surface area contributed by atoms with Gasteiger partial charge in [0.25, 0.3) is 0 Å². The molecule has 0 saturated carbocycles. The average Bonchev–Trinajstić information content (AvgIpc) is 3.37. The van der Waals surface area contributed by atoms with Gasteiger partial charge >= 0.3 is 0 Å². The van der Waals surface area contributed by atoms with Crippen molar-refractivity contribution in [2.45, 2.75) is 32.1 Å². The zero-order valence-corrected chi connectivity index (χ0v) is 35.5. The van der Waals surface area contributed by atoms with Gasteiger partial charge in [-0.2, -0.15) is 0 Å². The molecule has 0 atom stereocenters. The van der Waals surface area contributed by atoms with E-state index in [1.807, 2.05) is 72.8 Å². The summed E-state index contributed by atoms with van der Waals surface area (Å²) in [5.41, 5.74) is 12.1.